The molecule has 3 heterocycles. The number of nitrogens with one attached hydrogen (secondary N) is 2. The molecule has 0 aromatic carbocycles. The third kappa shape index (κ3) is 3.39. The highest BCUT2D eigenvalue weighted by molar-refractivity contribution is 6.31. The van der Waals surface area contributed by atoms with Gasteiger partial charge in [-0.15, -0.1) is 0 Å². The van der Waals surface area contributed by atoms with Crippen LogP contribution in [0.1, 0.15) is 19.8 Å². The summed E-state index contributed by atoms with van der Waals surface area (Å²) < 4.78 is 14.0. The maximum atomic E-state index is 14.0. The van der Waals surface area contributed by atoms with Crippen LogP contribution < -0.4 is 5.32 Å². The summed E-state index contributed by atoms with van der Waals surface area (Å²) in [6.07, 6.45) is 15.8. The molecule has 0 radical (unpaired) electrons. The summed E-state index contributed by atoms with van der Waals surface area (Å²) in [5.74, 6) is 0.502. The highest BCUT2D eigenvalue weighted by Gasteiger charge is 2.32. The van der Waals surface area contributed by atoms with Crippen molar-refractivity contribution in [2.45, 2.75) is 31.8 Å². The van der Waals surface area contributed by atoms with Gasteiger partial charge in [-0.3, -0.25) is 4.99 Å². The molecule has 0 saturated carbocycles. The molecule has 8 heteroatoms. The van der Waals surface area contributed by atoms with E-state index in [9.17, 15) is 4.39 Å². The SMILES string of the molecule is C[C@@H](Nc1ncnc2nc[nH]c12)C1=CC2C=CC=C(Cl)C2N=C1C1=CC(F)=CCC1. The molecule has 0 amide bonds. The number of halogens is 2. The number of aliphatic imine (C=N–C) groups is 1. The minimum absolute atomic E-state index is 0.0626. The molecule has 0 fully saturated rings. The molecule has 30 heavy (non-hydrogen) atoms. The summed E-state index contributed by atoms with van der Waals surface area (Å²) >= 11 is 6.46. The lowest BCUT2D eigenvalue weighted by Gasteiger charge is -2.32. The van der Waals surface area contributed by atoms with Gasteiger partial charge in [0.2, 0.25) is 0 Å². The first-order valence-electron chi connectivity index (χ1n) is 9.91. The Morgan fingerprint density at radius 2 is 2.20 bits per heavy atom. The molecule has 0 bridgehead atoms. The van der Waals surface area contributed by atoms with E-state index >= 15 is 0 Å². The Morgan fingerprint density at radius 3 is 3.07 bits per heavy atom. The van der Waals surface area contributed by atoms with Crippen molar-refractivity contribution in [1.29, 1.82) is 0 Å². The number of imidazole rings is 1. The van der Waals surface area contributed by atoms with Crippen LogP contribution in [0.2, 0.25) is 0 Å². The van der Waals surface area contributed by atoms with Crippen LogP contribution in [0.15, 0.2) is 76.1 Å². The molecule has 3 aliphatic rings. The van der Waals surface area contributed by atoms with E-state index in [1.54, 1.807) is 18.5 Å². The first kappa shape index (κ1) is 18.9. The Kier molecular flexibility index (Phi) is 4.83. The van der Waals surface area contributed by atoms with Gasteiger partial charge in [-0.1, -0.05) is 29.8 Å². The fraction of sp³-hybridized carbons (Fsp3) is 0.273. The second-order valence-corrected chi connectivity index (χ2v) is 7.98. The van der Waals surface area contributed by atoms with E-state index in [-0.39, 0.29) is 23.8 Å². The number of anilines is 1. The van der Waals surface area contributed by atoms with Crippen molar-refractivity contribution in [3.63, 3.8) is 0 Å². The predicted octanol–water partition coefficient (Wildman–Crippen LogP) is 4.79. The molecule has 0 saturated heterocycles. The Hall–Kier alpha value is -3.06. The van der Waals surface area contributed by atoms with Crippen molar-refractivity contribution >= 4 is 34.3 Å². The second kappa shape index (κ2) is 7.65. The Labute approximate surface area is 178 Å². The summed E-state index contributed by atoms with van der Waals surface area (Å²) in [5.41, 5.74) is 4.03. The lowest BCUT2D eigenvalue weighted by Crippen LogP contribution is -2.33. The van der Waals surface area contributed by atoms with Crippen molar-refractivity contribution in [1.82, 2.24) is 19.9 Å². The van der Waals surface area contributed by atoms with Gasteiger partial charge in [0.05, 0.1) is 24.1 Å². The topological polar surface area (TPSA) is 78.9 Å². The summed E-state index contributed by atoms with van der Waals surface area (Å²) in [4.78, 5) is 20.8. The van der Waals surface area contributed by atoms with E-state index < -0.39 is 0 Å². The zero-order valence-corrected chi connectivity index (χ0v) is 17.1. The van der Waals surface area contributed by atoms with E-state index in [4.69, 9.17) is 16.6 Å². The summed E-state index contributed by atoms with van der Waals surface area (Å²) in [7, 11) is 0. The smallest absolute Gasteiger partial charge is 0.182 e. The highest BCUT2D eigenvalue weighted by Crippen LogP contribution is 2.36. The van der Waals surface area contributed by atoms with Gasteiger partial charge in [-0.2, -0.15) is 0 Å². The van der Waals surface area contributed by atoms with Crippen molar-refractivity contribution in [2.24, 2.45) is 10.9 Å². The highest BCUT2D eigenvalue weighted by atomic mass is 35.5. The van der Waals surface area contributed by atoms with Gasteiger partial charge in [-0.05, 0) is 49.1 Å². The van der Waals surface area contributed by atoms with E-state index in [1.165, 1.54) is 6.33 Å². The first-order chi connectivity index (χ1) is 14.6. The summed E-state index contributed by atoms with van der Waals surface area (Å²) in [5, 5.41) is 4.14. The molecule has 0 spiro atoms. The van der Waals surface area contributed by atoms with Crippen LogP contribution in [0.25, 0.3) is 11.2 Å². The minimum atomic E-state index is -0.221. The molecule has 3 atom stereocenters. The van der Waals surface area contributed by atoms with E-state index in [0.29, 0.717) is 22.9 Å². The average Bonchev–Trinajstić information content (AvgIpc) is 3.23. The maximum Gasteiger partial charge on any atom is 0.182 e. The first-order valence-corrected chi connectivity index (χ1v) is 10.3. The van der Waals surface area contributed by atoms with Gasteiger partial charge < -0.3 is 10.3 Å². The molecule has 5 rings (SSSR count). The van der Waals surface area contributed by atoms with E-state index in [0.717, 1.165) is 28.8 Å². The number of aromatic amines is 1. The molecular formula is C22H20ClFN6. The largest absolute Gasteiger partial charge is 0.362 e. The average molecular weight is 423 g/mol. The van der Waals surface area contributed by atoms with Crippen LogP contribution in [-0.2, 0) is 0 Å². The molecule has 152 valence electrons. The van der Waals surface area contributed by atoms with Gasteiger partial charge in [0.15, 0.2) is 11.5 Å². The van der Waals surface area contributed by atoms with Crippen LogP contribution in [0.4, 0.5) is 10.2 Å². The number of aromatic nitrogens is 4. The molecule has 2 unspecified atom stereocenters. The van der Waals surface area contributed by atoms with Crippen molar-refractivity contribution in [2.75, 3.05) is 5.32 Å². The van der Waals surface area contributed by atoms with Crippen molar-refractivity contribution in [3.8, 4) is 0 Å². The molecule has 2 aromatic rings. The second-order valence-electron chi connectivity index (χ2n) is 7.55. The fourth-order valence-electron chi connectivity index (χ4n) is 4.08. The van der Waals surface area contributed by atoms with Crippen molar-refractivity contribution < 1.29 is 4.39 Å². The summed E-state index contributed by atoms with van der Waals surface area (Å²) in [6, 6.07) is -0.296. The van der Waals surface area contributed by atoms with Crippen LogP contribution in [0, 0.1) is 5.92 Å². The zero-order valence-electron chi connectivity index (χ0n) is 16.3. The number of H-pyrrole nitrogens is 1. The van der Waals surface area contributed by atoms with Crippen LogP contribution >= 0.6 is 11.6 Å². The van der Waals surface area contributed by atoms with Gasteiger partial charge in [0.25, 0.3) is 0 Å². The standard InChI is InChI=1S/C22H20ClFN6/c1-12(29-22-20-21(26-10-25-20)27-11-28-22)16-9-14-5-3-7-17(23)19(14)30-18(16)13-4-2-6-15(24)8-13/h3,5-12,14,19H,2,4H2,1H3,(H2,25,26,27,28,29)/t12-,14?,19?/m1/s1. The number of hydrogen-bond acceptors (Lipinski definition) is 5. The van der Waals surface area contributed by atoms with E-state index in [2.05, 4.69) is 37.4 Å². The third-order valence-corrected chi connectivity index (χ3v) is 5.91. The lowest BCUT2D eigenvalue weighted by molar-refractivity contribution is 0.644. The maximum absolute atomic E-state index is 14.0. The monoisotopic (exact) mass is 422 g/mol. The Morgan fingerprint density at radius 1 is 1.30 bits per heavy atom. The van der Waals surface area contributed by atoms with Gasteiger partial charge >= 0.3 is 0 Å². The van der Waals surface area contributed by atoms with Gasteiger partial charge in [0, 0.05) is 11.0 Å². The number of allylic oxidation sites excluding steroid dienone is 6. The number of dihydropyridines is 1. The zero-order chi connectivity index (χ0) is 20.7. The number of rotatable bonds is 4. The molecule has 6 nitrogen and oxygen atoms in total. The van der Waals surface area contributed by atoms with Crippen molar-refractivity contribution in [3.05, 3.63) is 71.1 Å². The third-order valence-electron chi connectivity index (χ3n) is 5.56. The van der Waals surface area contributed by atoms with Crippen LogP contribution in [0.5, 0.6) is 0 Å². The van der Waals surface area contributed by atoms with Gasteiger partial charge in [-0.25, -0.2) is 19.3 Å². The molecular weight excluding hydrogens is 403 g/mol. The number of nitrogens with zero attached hydrogens (tertiary/aromatic N) is 4. The number of fused-ring (bicyclic) bond motifs is 2. The molecule has 2 N–H and O–H groups in total. The molecule has 2 aromatic heterocycles. The predicted molar refractivity (Wildman–Crippen MR) is 117 cm³/mol. The Bertz CT molecular complexity index is 1190. The fourth-order valence-corrected chi connectivity index (χ4v) is 4.35. The Balaban J connectivity index is 1.53. The van der Waals surface area contributed by atoms with Crippen LogP contribution in [0.3, 0.4) is 0 Å². The van der Waals surface area contributed by atoms with E-state index in [1.807, 2.05) is 19.1 Å². The molecule has 2 aliphatic carbocycles. The molecule has 1 aliphatic heterocycles. The lowest BCUT2D eigenvalue weighted by atomic mass is 9.83. The normalized spacial score (nSPS) is 24.3. The number of hydrogen-bond donors (Lipinski definition) is 2. The van der Waals surface area contributed by atoms with Crippen LogP contribution in [-0.4, -0.2) is 37.7 Å². The summed E-state index contributed by atoms with van der Waals surface area (Å²) in [6.45, 7) is 2.05. The van der Waals surface area contributed by atoms with Gasteiger partial charge in [0.1, 0.15) is 17.7 Å². The minimum Gasteiger partial charge on any atom is -0.362 e. The quantitative estimate of drug-likeness (QED) is 0.742.